The molecule has 0 radical (unpaired) electrons. The molecule has 4 aromatic rings. The first-order valence-corrected chi connectivity index (χ1v) is 9.09. The molecule has 1 aromatic heterocycles. The van der Waals surface area contributed by atoms with Crippen LogP contribution in [0.25, 0.3) is 11.0 Å². The van der Waals surface area contributed by atoms with Gasteiger partial charge in [-0.15, -0.1) is 0 Å². The van der Waals surface area contributed by atoms with E-state index in [4.69, 9.17) is 14.5 Å². The van der Waals surface area contributed by atoms with Gasteiger partial charge in [-0.05, 0) is 35.9 Å². The number of aromatic nitrogens is 2. The van der Waals surface area contributed by atoms with Crippen molar-refractivity contribution in [2.75, 3.05) is 14.2 Å². The fraction of sp³-hybridized carbons (Fsp3) is 0.130. The number of aromatic amines is 1. The number of H-pyrrole nitrogens is 1. The summed E-state index contributed by atoms with van der Waals surface area (Å²) in [5.41, 5.74) is 4.33. The topological polar surface area (TPSA) is 50.5 Å². The zero-order chi connectivity index (χ0) is 19.3. The SMILES string of the molecule is COc1ccc(C=Nc2[nH]c3ccccc3[n+]2Cc2ccccc2)cc1OC. The second-order valence-electron chi connectivity index (χ2n) is 6.41. The van der Waals surface area contributed by atoms with Gasteiger partial charge in [0.2, 0.25) is 0 Å². The maximum Gasteiger partial charge on any atom is 0.397 e. The van der Waals surface area contributed by atoms with Crippen molar-refractivity contribution in [2.45, 2.75) is 6.54 Å². The van der Waals surface area contributed by atoms with Crippen molar-refractivity contribution in [2.24, 2.45) is 4.99 Å². The molecule has 0 saturated carbocycles. The summed E-state index contributed by atoms with van der Waals surface area (Å²) in [5, 5.41) is 0. The summed E-state index contributed by atoms with van der Waals surface area (Å²) >= 11 is 0. The predicted octanol–water partition coefficient (Wildman–Crippen LogP) is 4.27. The third-order valence-electron chi connectivity index (χ3n) is 4.62. The van der Waals surface area contributed by atoms with Crippen molar-refractivity contribution in [3.8, 4) is 11.5 Å². The Bertz CT molecular complexity index is 1120. The monoisotopic (exact) mass is 372 g/mol. The van der Waals surface area contributed by atoms with Gasteiger partial charge in [0.1, 0.15) is 17.2 Å². The molecule has 0 amide bonds. The maximum atomic E-state index is 5.38. The van der Waals surface area contributed by atoms with Gasteiger partial charge in [-0.1, -0.05) is 47.5 Å². The largest absolute Gasteiger partial charge is 0.493 e. The minimum atomic E-state index is 0.681. The lowest BCUT2D eigenvalue weighted by Gasteiger charge is -2.06. The summed E-state index contributed by atoms with van der Waals surface area (Å²) in [6.45, 7) is 0.740. The van der Waals surface area contributed by atoms with Crippen molar-refractivity contribution in [1.82, 2.24) is 4.98 Å². The number of benzene rings is 3. The summed E-state index contributed by atoms with van der Waals surface area (Å²) < 4.78 is 12.9. The van der Waals surface area contributed by atoms with Crippen LogP contribution in [0.3, 0.4) is 0 Å². The lowest BCUT2D eigenvalue weighted by molar-refractivity contribution is -0.648. The van der Waals surface area contributed by atoms with Gasteiger partial charge >= 0.3 is 5.95 Å². The highest BCUT2D eigenvalue weighted by molar-refractivity contribution is 5.83. The van der Waals surface area contributed by atoms with Gasteiger partial charge in [-0.3, -0.25) is 0 Å². The van der Waals surface area contributed by atoms with Gasteiger partial charge in [0.25, 0.3) is 0 Å². The number of nitrogens with zero attached hydrogens (tertiary/aromatic N) is 2. The van der Waals surface area contributed by atoms with Crippen LogP contribution >= 0.6 is 0 Å². The third-order valence-corrected chi connectivity index (χ3v) is 4.62. The Kier molecular flexibility index (Phi) is 5.06. The van der Waals surface area contributed by atoms with Gasteiger partial charge in [-0.25, -0.2) is 9.55 Å². The fourth-order valence-electron chi connectivity index (χ4n) is 3.21. The highest BCUT2D eigenvalue weighted by Gasteiger charge is 2.17. The van der Waals surface area contributed by atoms with E-state index in [0.717, 1.165) is 29.1 Å². The Morgan fingerprint density at radius 3 is 2.43 bits per heavy atom. The first-order valence-electron chi connectivity index (χ1n) is 9.09. The Morgan fingerprint density at radius 2 is 1.64 bits per heavy atom. The molecule has 0 atom stereocenters. The van der Waals surface area contributed by atoms with Crippen LogP contribution in [0.5, 0.6) is 11.5 Å². The molecule has 0 unspecified atom stereocenters. The van der Waals surface area contributed by atoms with E-state index < -0.39 is 0 Å². The molecule has 1 heterocycles. The van der Waals surface area contributed by atoms with Crippen LogP contribution in [-0.4, -0.2) is 25.4 Å². The zero-order valence-electron chi connectivity index (χ0n) is 15.9. The molecular formula is C23H22N3O2+. The number of para-hydroxylation sites is 2. The van der Waals surface area contributed by atoms with Crippen molar-refractivity contribution < 1.29 is 14.0 Å². The standard InChI is InChI=1S/C23H21N3O2/c1-27-21-13-12-18(14-22(21)28-2)15-24-23-25-19-10-6-7-11-20(19)26(23)16-17-8-4-3-5-9-17/h3-15H,16H2,1-2H3/p+1. The number of nitrogens with one attached hydrogen (secondary N) is 1. The Labute approximate surface area is 163 Å². The van der Waals surface area contributed by atoms with Crippen molar-refractivity contribution in [3.05, 3.63) is 83.9 Å². The Hall–Kier alpha value is -3.60. The highest BCUT2D eigenvalue weighted by atomic mass is 16.5. The smallest absolute Gasteiger partial charge is 0.397 e. The molecule has 5 nitrogen and oxygen atoms in total. The van der Waals surface area contributed by atoms with E-state index in [1.54, 1.807) is 14.2 Å². The van der Waals surface area contributed by atoms with Gasteiger partial charge in [0, 0.05) is 5.56 Å². The predicted molar refractivity (Wildman–Crippen MR) is 111 cm³/mol. The summed E-state index contributed by atoms with van der Waals surface area (Å²) in [5.74, 6) is 2.17. The molecule has 0 aliphatic rings. The molecule has 0 aliphatic heterocycles. The molecule has 0 fully saturated rings. The molecule has 140 valence electrons. The van der Waals surface area contributed by atoms with Crippen LogP contribution in [0.4, 0.5) is 5.95 Å². The van der Waals surface area contributed by atoms with Gasteiger partial charge < -0.3 is 9.47 Å². The number of aliphatic imine (C=N–C) groups is 1. The summed E-state index contributed by atoms with van der Waals surface area (Å²) in [6, 6.07) is 24.3. The van der Waals surface area contributed by atoms with E-state index in [2.05, 4.69) is 45.9 Å². The van der Waals surface area contributed by atoms with Crippen LogP contribution in [0.1, 0.15) is 11.1 Å². The second kappa shape index (κ2) is 7.96. The number of hydrogen-bond acceptors (Lipinski definition) is 3. The lowest BCUT2D eigenvalue weighted by atomic mass is 10.2. The van der Waals surface area contributed by atoms with E-state index in [1.807, 2.05) is 42.6 Å². The number of methoxy groups -OCH3 is 2. The molecular weight excluding hydrogens is 350 g/mol. The minimum Gasteiger partial charge on any atom is -0.493 e. The quantitative estimate of drug-likeness (QED) is 0.406. The molecule has 0 aliphatic carbocycles. The molecule has 0 bridgehead atoms. The molecule has 3 aromatic carbocycles. The minimum absolute atomic E-state index is 0.681. The number of fused-ring (bicyclic) bond motifs is 1. The van der Waals surface area contributed by atoms with E-state index >= 15 is 0 Å². The number of ether oxygens (including phenoxy) is 2. The molecule has 4 rings (SSSR count). The Balaban J connectivity index is 1.72. The van der Waals surface area contributed by atoms with Crippen molar-refractivity contribution in [3.63, 3.8) is 0 Å². The number of hydrogen-bond donors (Lipinski definition) is 1. The van der Waals surface area contributed by atoms with Crippen molar-refractivity contribution >= 4 is 23.2 Å². The van der Waals surface area contributed by atoms with E-state index in [-0.39, 0.29) is 0 Å². The van der Waals surface area contributed by atoms with Crippen molar-refractivity contribution in [1.29, 1.82) is 0 Å². The zero-order valence-corrected chi connectivity index (χ0v) is 15.9. The number of imidazole rings is 1. The van der Waals surface area contributed by atoms with Crippen LogP contribution in [-0.2, 0) is 6.54 Å². The third kappa shape index (κ3) is 3.60. The Morgan fingerprint density at radius 1 is 0.893 bits per heavy atom. The first-order chi connectivity index (χ1) is 13.8. The van der Waals surface area contributed by atoms with Gasteiger partial charge in [0.15, 0.2) is 11.5 Å². The summed E-state index contributed by atoms with van der Waals surface area (Å²) in [6.07, 6.45) is 1.83. The van der Waals surface area contributed by atoms with Crippen LogP contribution in [0.2, 0.25) is 0 Å². The molecule has 0 saturated heterocycles. The highest BCUT2D eigenvalue weighted by Crippen LogP contribution is 2.27. The molecule has 28 heavy (non-hydrogen) atoms. The van der Waals surface area contributed by atoms with Gasteiger partial charge in [-0.2, -0.15) is 0 Å². The average molecular weight is 372 g/mol. The summed E-state index contributed by atoms with van der Waals surface area (Å²) in [4.78, 5) is 8.14. The molecule has 5 heteroatoms. The first kappa shape index (κ1) is 17.8. The van der Waals surface area contributed by atoms with E-state index in [1.165, 1.54) is 5.56 Å². The van der Waals surface area contributed by atoms with E-state index in [0.29, 0.717) is 11.5 Å². The lowest BCUT2D eigenvalue weighted by Crippen LogP contribution is -2.33. The molecule has 0 spiro atoms. The number of rotatable bonds is 6. The maximum absolute atomic E-state index is 5.38. The van der Waals surface area contributed by atoms with Crippen LogP contribution in [0.15, 0.2) is 77.8 Å². The van der Waals surface area contributed by atoms with Crippen LogP contribution in [0, 0.1) is 0 Å². The average Bonchev–Trinajstić information content (AvgIpc) is 3.10. The summed E-state index contributed by atoms with van der Waals surface area (Å²) in [7, 11) is 3.26. The second-order valence-corrected chi connectivity index (χ2v) is 6.41. The van der Waals surface area contributed by atoms with E-state index in [9.17, 15) is 0 Å². The molecule has 1 N–H and O–H groups in total. The fourth-order valence-corrected chi connectivity index (χ4v) is 3.21. The van der Waals surface area contributed by atoms with Crippen LogP contribution < -0.4 is 14.0 Å². The van der Waals surface area contributed by atoms with Gasteiger partial charge in [0.05, 0.1) is 20.8 Å². The normalized spacial score (nSPS) is 11.2.